The van der Waals surface area contributed by atoms with Crippen LogP contribution in [0.4, 0.5) is 4.79 Å². The Kier molecular flexibility index (Phi) is 3.15. The Labute approximate surface area is 82.8 Å². The lowest BCUT2D eigenvalue weighted by Gasteiger charge is -2.20. The highest BCUT2D eigenvalue weighted by molar-refractivity contribution is 7.94. The molecular formula is C8H13NO4S. The zero-order valence-electron chi connectivity index (χ0n) is 7.89. The maximum Gasteiger partial charge on any atom is 0.404 e. The Morgan fingerprint density at radius 3 is 2.64 bits per heavy atom. The molecule has 0 aliphatic heterocycles. The topological polar surface area (TPSA) is 86.5 Å². The van der Waals surface area contributed by atoms with E-state index in [-0.39, 0.29) is 6.10 Å². The van der Waals surface area contributed by atoms with Gasteiger partial charge in [-0.1, -0.05) is 6.08 Å². The standard InChI is InChI=1S/C8H13NO4S/c1-14(11,12)7-4-2-6(3-5-7)13-8(9)10/h4,6H,2-3,5H2,1H3,(H2,9,10). The predicted octanol–water partition coefficient (Wildman–Crippen LogP) is 0.563. The van der Waals surface area contributed by atoms with Gasteiger partial charge >= 0.3 is 6.09 Å². The van der Waals surface area contributed by atoms with E-state index < -0.39 is 15.9 Å². The second kappa shape index (κ2) is 4.00. The summed E-state index contributed by atoms with van der Waals surface area (Å²) in [7, 11) is -3.09. The first kappa shape index (κ1) is 11.0. The van der Waals surface area contributed by atoms with E-state index >= 15 is 0 Å². The number of amides is 1. The van der Waals surface area contributed by atoms with E-state index in [0.29, 0.717) is 24.2 Å². The Balaban J connectivity index is 2.60. The smallest absolute Gasteiger partial charge is 0.404 e. The van der Waals surface area contributed by atoms with Crippen LogP contribution in [0.25, 0.3) is 0 Å². The first-order valence-electron chi connectivity index (χ1n) is 4.25. The third kappa shape index (κ3) is 3.02. The van der Waals surface area contributed by atoms with Crippen molar-refractivity contribution in [2.75, 3.05) is 6.26 Å². The Bertz CT molecular complexity index is 358. The molecule has 0 saturated heterocycles. The van der Waals surface area contributed by atoms with Gasteiger partial charge in [0.2, 0.25) is 0 Å². The number of primary amides is 1. The van der Waals surface area contributed by atoms with E-state index in [0.717, 1.165) is 0 Å². The fraction of sp³-hybridized carbons (Fsp3) is 0.625. The third-order valence-corrected chi connectivity index (χ3v) is 3.40. The Morgan fingerprint density at radius 2 is 2.29 bits per heavy atom. The fourth-order valence-corrected chi connectivity index (χ4v) is 2.28. The number of hydrogen-bond donors (Lipinski definition) is 1. The quantitative estimate of drug-likeness (QED) is 0.735. The van der Waals surface area contributed by atoms with Crippen molar-refractivity contribution in [2.24, 2.45) is 5.73 Å². The number of hydrogen-bond acceptors (Lipinski definition) is 4. The molecule has 0 aromatic rings. The first-order chi connectivity index (χ1) is 6.39. The van der Waals surface area contributed by atoms with Crippen LogP contribution in [0.2, 0.25) is 0 Å². The van der Waals surface area contributed by atoms with Gasteiger partial charge in [-0.3, -0.25) is 0 Å². The summed E-state index contributed by atoms with van der Waals surface area (Å²) in [5.41, 5.74) is 4.84. The molecule has 2 N–H and O–H groups in total. The average Bonchev–Trinajstić information content (AvgIpc) is 2.02. The van der Waals surface area contributed by atoms with Crippen LogP contribution in [0.3, 0.4) is 0 Å². The summed E-state index contributed by atoms with van der Waals surface area (Å²) in [4.78, 5) is 10.8. The molecule has 14 heavy (non-hydrogen) atoms. The van der Waals surface area contributed by atoms with E-state index in [1.54, 1.807) is 6.08 Å². The highest BCUT2D eigenvalue weighted by atomic mass is 32.2. The van der Waals surface area contributed by atoms with Crippen molar-refractivity contribution in [2.45, 2.75) is 25.4 Å². The molecule has 0 aromatic carbocycles. The van der Waals surface area contributed by atoms with Gasteiger partial charge in [-0.25, -0.2) is 13.2 Å². The second-order valence-electron chi connectivity index (χ2n) is 3.28. The van der Waals surface area contributed by atoms with Gasteiger partial charge in [0.15, 0.2) is 9.84 Å². The molecule has 6 heteroatoms. The predicted molar refractivity (Wildman–Crippen MR) is 51.2 cm³/mol. The molecule has 5 nitrogen and oxygen atoms in total. The summed E-state index contributed by atoms with van der Waals surface area (Å²) in [6, 6.07) is 0. The monoisotopic (exact) mass is 219 g/mol. The van der Waals surface area contributed by atoms with Crippen molar-refractivity contribution >= 4 is 15.9 Å². The molecule has 0 bridgehead atoms. The molecule has 1 aliphatic rings. The molecule has 0 saturated carbocycles. The highest BCUT2D eigenvalue weighted by Gasteiger charge is 2.21. The summed E-state index contributed by atoms with van der Waals surface area (Å²) in [5.74, 6) is 0. The average molecular weight is 219 g/mol. The fourth-order valence-electron chi connectivity index (χ4n) is 1.39. The zero-order chi connectivity index (χ0) is 10.8. The molecule has 0 radical (unpaired) electrons. The van der Waals surface area contributed by atoms with Gasteiger partial charge in [0.05, 0.1) is 0 Å². The largest absolute Gasteiger partial charge is 0.446 e. The molecule has 80 valence electrons. The van der Waals surface area contributed by atoms with E-state index in [1.807, 2.05) is 0 Å². The maximum absolute atomic E-state index is 11.1. The number of ether oxygens (including phenoxy) is 1. The van der Waals surface area contributed by atoms with Crippen LogP contribution in [0.5, 0.6) is 0 Å². The van der Waals surface area contributed by atoms with Crippen LogP contribution >= 0.6 is 0 Å². The molecule has 0 heterocycles. The molecule has 0 aromatic heterocycles. The number of nitrogens with two attached hydrogens (primary N) is 1. The molecular weight excluding hydrogens is 206 g/mol. The molecule has 0 fully saturated rings. The molecule has 1 unspecified atom stereocenters. The number of sulfone groups is 1. The second-order valence-corrected chi connectivity index (χ2v) is 5.34. The minimum Gasteiger partial charge on any atom is -0.446 e. The van der Waals surface area contributed by atoms with E-state index in [4.69, 9.17) is 10.5 Å². The zero-order valence-corrected chi connectivity index (χ0v) is 8.71. The lowest BCUT2D eigenvalue weighted by Crippen LogP contribution is -2.25. The highest BCUT2D eigenvalue weighted by Crippen LogP contribution is 2.23. The Hall–Kier alpha value is -1.04. The van der Waals surface area contributed by atoms with Crippen molar-refractivity contribution < 1.29 is 17.9 Å². The number of carbonyl (C=O) groups is 1. The minimum atomic E-state index is -3.09. The lowest BCUT2D eigenvalue weighted by molar-refractivity contribution is 0.101. The van der Waals surface area contributed by atoms with Gasteiger partial charge in [-0.05, 0) is 12.8 Å². The van der Waals surface area contributed by atoms with Crippen molar-refractivity contribution in [3.05, 3.63) is 11.0 Å². The van der Waals surface area contributed by atoms with E-state index in [1.165, 1.54) is 6.26 Å². The first-order valence-corrected chi connectivity index (χ1v) is 6.14. The third-order valence-electron chi connectivity index (χ3n) is 2.08. The lowest BCUT2D eigenvalue weighted by atomic mass is 10.0. The van der Waals surface area contributed by atoms with Gasteiger partial charge < -0.3 is 10.5 Å². The summed E-state index contributed by atoms with van der Waals surface area (Å²) in [6.45, 7) is 0. The van der Waals surface area contributed by atoms with Gasteiger partial charge in [0, 0.05) is 17.6 Å². The van der Waals surface area contributed by atoms with Crippen LogP contribution in [-0.4, -0.2) is 26.9 Å². The van der Waals surface area contributed by atoms with Crippen molar-refractivity contribution in [1.82, 2.24) is 0 Å². The van der Waals surface area contributed by atoms with Crippen LogP contribution in [-0.2, 0) is 14.6 Å². The minimum absolute atomic E-state index is 0.280. The van der Waals surface area contributed by atoms with Gasteiger partial charge in [0.25, 0.3) is 0 Å². The van der Waals surface area contributed by atoms with Crippen LogP contribution in [0.1, 0.15) is 19.3 Å². The van der Waals surface area contributed by atoms with Crippen LogP contribution < -0.4 is 5.73 Å². The van der Waals surface area contributed by atoms with Crippen LogP contribution in [0, 0.1) is 0 Å². The normalized spacial score (nSPS) is 22.6. The molecule has 1 atom stereocenters. The van der Waals surface area contributed by atoms with E-state index in [9.17, 15) is 13.2 Å². The van der Waals surface area contributed by atoms with Gasteiger partial charge in [0.1, 0.15) is 6.10 Å². The van der Waals surface area contributed by atoms with Gasteiger partial charge in [-0.15, -0.1) is 0 Å². The van der Waals surface area contributed by atoms with Crippen LogP contribution in [0.15, 0.2) is 11.0 Å². The molecule has 1 amide bonds. The van der Waals surface area contributed by atoms with Gasteiger partial charge in [-0.2, -0.15) is 0 Å². The van der Waals surface area contributed by atoms with Crippen molar-refractivity contribution in [3.8, 4) is 0 Å². The molecule has 0 spiro atoms. The Morgan fingerprint density at radius 1 is 1.64 bits per heavy atom. The van der Waals surface area contributed by atoms with Crippen molar-refractivity contribution in [3.63, 3.8) is 0 Å². The summed E-state index contributed by atoms with van der Waals surface area (Å²) in [5, 5.41) is 0. The van der Waals surface area contributed by atoms with Crippen molar-refractivity contribution in [1.29, 1.82) is 0 Å². The molecule has 1 rings (SSSR count). The summed E-state index contributed by atoms with van der Waals surface area (Å²) < 4.78 is 27.0. The van der Waals surface area contributed by atoms with E-state index in [2.05, 4.69) is 0 Å². The maximum atomic E-state index is 11.1. The SMILES string of the molecule is CS(=O)(=O)C1=CCC(OC(N)=O)CC1. The number of carbonyl (C=O) groups excluding carboxylic acids is 1. The number of rotatable bonds is 2. The summed E-state index contributed by atoms with van der Waals surface area (Å²) in [6.07, 6.45) is 3.02. The number of allylic oxidation sites excluding steroid dienone is 1. The summed E-state index contributed by atoms with van der Waals surface area (Å²) >= 11 is 0. The molecule has 1 aliphatic carbocycles.